The summed E-state index contributed by atoms with van der Waals surface area (Å²) in [7, 11) is 0. The highest BCUT2D eigenvalue weighted by atomic mass is 16.2. The lowest BCUT2D eigenvalue weighted by molar-refractivity contribution is -0.141. The normalized spacial score (nSPS) is 40.0. The third-order valence-corrected chi connectivity index (χ3v) is 7.30. The maximum atomic E-state index is 12.6. The lowest BCUT2D eigenvalue weighted by Gasteiger charge is -2.23. The minimum absolute atomic E-state index is 0.0256. The first kappa shape index (κ1) is 15.6. The number of carbonyl (C=O) groups is 3. The van der Waals surface area contributed by atoms with Crippen molar-refractivity contribution >= 4 is 17.7 Å². The number of hydrogen-bond acceptors (Lipinski definition) is 4. The number of carbonyl (C=O) groups excluding carboxylic acids is 3. The Balaban J connectivity index is 1.15. The van der Waals surface area contributed by atoms with E-state index in [-0.39, 0.29) is 52.7 Å². The Hall–Kier alpha value is -1.69. The Morgan fingerprint density at radius 1 is 1.16 bits per heavy atom. The zero-order valence-corrected chi connectivity index (χ0v) is 14.4. The van der Waals surface area contributed by atoms with Crippen LogP contribution in [0.25, 0.3) is 0 Å². The molecular formula is C19H25N3O3. The zero-order valence-electron chi connectivity index (χ0n) is 14.4. The van der Waals surface area contributed by atoms with E-state index in [9.17, 15) is 14.4 Å². The summed E-state index contributed by atoms with van der Waals surface area (Å²) < 4.78 is 0. The van der Waals surface area contributed by atoms with Crippen LogP contribution in [0.15, 0.2) is 12.2 Å². The molecule has 6 heteroatoms. The van der Waals surface area contributed by atoms with E-state index in [1.165, 1.54) is 4.90 Å². The number of hydrogen-bond donors (Lipinski definition) is 2. The van der Waals surface area contributed by atoms with Crippen LogP contribution in [0, 0.1) is 35.0 Å². The van der Waals surface area contributed by atoms with Gasteiger partial charge < -0.3 is 10.6 Å². The third kappa shape index (κ3) is 2.23. The summed E-state index contributed by atoms with van der Waals surface area (Å²) in [4.78, 5) is 39.0. The van der Waals surface area contributed by atoms with E-state index < -0.39 is 0 Å². The van der Waals surface area contributed by atoms with Crippen molar-refractivity contribution in [1.82, 2.24) is 15.5 Å². The topological polar surface area (TPSA) is 78.5 Å². The average Bonchev–Trinajstić information content (AvgIpc) is 2.93. The molecule has 134 valence electrons. The van der Waals surface area contributed by atoms with Crippen LogP contribution in [0.4, 0.5) is 0 Å². The molecule has 2 bridgehead atoms. The van der Waals surface area contributed by atoms with Gasteiger partial charge in [-0.05, 0) is 56.0 Å². The summed E-state index contributed by atoms with van der Waals surface area (Å²) in [6.07, 6.45) is 8.31. The van der Waals surface area contributed by atoms with Crippen molar-refractivity contribution in [3.63, 3.8) is 0 Å². The Labute approximate surface area is 147 Å². The number of piperidine rings is 1. The lowest BCUT2D eigenvalue weighted by atomic mass is 9.85. The molecule has 5 atom stereocenters. The molecule has 0 aromatic heterocycles. The molecular weight excluding hydrogens is 318 g/mol. The molecule has 25 heavy (non-hydrogen) atoms. The third-order valence-electron chi connectivity index (χ3n) is 7.30. The van der Waals surface area contributed by atoms with Gasteiger partial charge in [0.15, 0.2) is 0 Å². The van der Waals surface area contributed by atoms with Crippen LogP contribution in [0.5, 0.6) is 0 Å². The Bertz CT molecular complexity index is 637. The molecule has 0 radical (unpaired) electrons. The first-order chi connectivity index (χ1) is 12.1. The molecule has 5 unspecified atom stereocenters. The smallest absolute Gasteiger partial charge is 0.233 e. The average molecular weight is 343 g/mol. The van der Waals surface area contributed by atoms with Gasteiger partial charge in [0.1, 0.15) is 0 Å². The lowest BCUT2D eigenvalue weighted by Crippen LogP contribution is -2.41. The Kier molecular flexibility index (Phi) is 3.36. The molecule has 0 aromatic rings. The summed E-state index contributed by atoms with van der Waals surface area (Å²) in [6.45, 7) is 2.69. The highest BCUT2D eigenvalue weighted by molar-refractivity contribution is 6.06. The van der Waals surface area contributed by atoms with E-state index in [4.69, 9.17) is 0 Å². The number of amides is 3. The van der Waals surface area contributed by atoms with Crippen molar-refractivity contribution in [2.45, 2.75) is 25.7 Å². The van der Waals surface area contributed by atoms with Gasteiger partial charge in [0.25, 0.3) is 0 Å². The SMILES string of the molecule is O=C(NCCN1C(=O)C2C3C=CC(C3)C2C1=O)C1CC12CCNCC2. The van der Waals surface area contributed by atoms with Crippen molar-refractivity contribution in [3.05, 3.63) is 12.2 Å². The molecule has 1 spiro atoms. The standard InChI is InChI=1S/C19H25N3O3/c23-16(13-10-19(13)3-5-20-6-4-19)21-7-8-22-17(24)14-11-1-2-12(9-11)15(14)18(22)25/h1-2,11-15,20H,3-10H2,(H,21,23). The molecule has 2 heterocycles. The molecule has 6 nitrogen and oxygen atoms in total. The molecule has 3 aliphatic carbocycles. The molecule has 3 amide bonds. The van der Waals surface area contributed by atoms with Gasteiger partial charge in [-0.2, -0.15) is 0 Å². The monoisotopic (exact) mass is 343 g/mol. The molecule has 5 rings (SSSR count). The van der Waals surface area contributed by atoms with Crippen LogP contribution in [0.1, 0.15) is 25.7 Å². The van der Waals surface area contributed by atoms with Gasteiger partial charge in [0.05, 0.1) is 11.8 Å². The first-order valence-electron chi connectivity index (χ1n) is 9.63. The molecule has 5 aliphatic rings. The second-order valence-electron chi connectivity index (χ2n) is 8.49. The molecule has 2 N–H and O–H groups in total. The van der Waals surface area contributed by atoms with Crippen LogP contribution < -0.4 is 10.6 Å². The summed E-state index contributed by atoms with van der Waals surface area (Å²) in [5.74, 6) is 0.389. The van der Waals surface area contributed by atoms with E-state index in [2.05, 4.69) is 22.8 Å². The van der Waals surface area contributed by atoms with Gasteiger partial charge in [-0.15, -0.1) is 0 Å². The minimum Gasteiger partial charge on any atom is -0.354 e. The number of nitrogens with zero attached hydrogens (tertiary/aromatic N) is 1. The van der Waals surface area contributed by atoms with Crippen LogP contribution in [0.3, 0.4) is 0 Å². The van der Waals surface area contributed by atoms with Crippen LogP contribution in [-0.2, 0) is 14.4 Å². The summed E-state index contributed by atoms with van der Waals surface area (Å²) in [6, 6.07) is 0. The number of fused-ring (bicyclic) bond motifs is 5. The van der Waals surface area contributed by atoms with E-state index in [1.807, 2.05) is 0 Å². The fourth-order valence-electron chi connectivity index (χ4n) is 5.79. The second kappa shape index (κ2) is 5.40. The minimum atomic E-state index is -0.139. The molecule has 0 aromatic carbocycles. The predicted molar refractivity (Wildman–Crippen MR) is 90.1 cm³/mol. The number of likely N-dealkylation sites (tertiary alicyclic amines) is 1. The van der Waals surface area contributed by atoms with Crippen molar-refractivity contribution in [2.24, 2.45) is 35.0 Å². The van der Waals surface area contributed by atoms with Gasteiger partial charge in [0.2, 0.25) is 17.7 Å². The molecule has 2 saturated carbocycles. The maximum Gasteiger partial charge on any atom is 0.233 e. The van der Waals surface area contributed by atoms with E-state index >= 15 is 0 Å². The Morgan fingerprint density at radius 3 is 2.44 bits per heavy atom. The second-order valence-corrected chi connectivity index (χ2v) is 8.49. The van der Waals surface area contributed by atoms with Crippen molar-refractivity contribution in [1.29, 1.82) is 0 Å². The van der Waals surface area contributed by atoms with Crippen LogP contribution in [-0.4, -0.2) is 48.8 Å². The fraction of sp³-hybridized carbons (Fsp3) is 0.737. The summed E-state index contributed by atoms with van der Waals surface area (Å²) in [5, 5.41) is 6.31. The van der Waals surface area contributed by atoms with Crippen LogP contribution in [0.2, 0.25) is 0 Å². The van der Waals surface area contributed by atoms with Gasteiger partial charge >= 0.3 is 0 Å². The van der Waals surface area contributed by atoms with Gasteiger partial charge in [-0.25, -0.2) is 0 Å². The number of nitrogens with one attached hydrogen (secondary N) is 2. The summed E-state index contributed by atoms with van der Waals surface area (Å²) >= 11 is 0. The van der Waals surface area contributed by atoms with Crippen LogP contribution >= 0.6 is 0 Å². The fourth-order valence-corrected chi connectivity index (χ4v) is 5.79. The highest BCUT2D eigenvalue weighted by Crippen LogP contribution is 2.58. The van der Waals surface area contributed by atoms with Gasteiger partial charge in [-0.3, -0.25) is 19.3 Å². The quantitative estimate of drug-likeness (QED) is 0.568. The van der Waals surface area contributed by atoms with E-state index in [0.29, 0.717) is 13.1 Å². The molecule has 2 aliphatic heterocycles. The maximum absolute atomic E-state index is 12.6. The van der Waals surface area contributed by atoms with E-state index in [1.54, 1.807) is 0 Å². The largest absolute Gasteiger partial charge is 0.354 e. The highest BCUT2D eigenvalue weighted by Gasteiger charge is 2.59. The van der Waals surface area contributed by atoms with Crippen molar-refractivity contribution in [2.75, 3.05) is 26.2 Å². The van der Waals surface area contributed by atoms with Crippen molar-refractivity contribution < 1.29 is 14.4 Å². The van der Waals surface area contributed by atoms with Gasteiger partial charge in [-0.1, -0.05) is 12.2 Å². The van der Waals surface area contributed by atoms with Gasteiger partial charge in [0, 0.05) is 19.0 Å². The number of imide groups is 1. The number of allylic oxidation sites excluding steroid dienone is 2. The number of rotatable bonds is 4. The molecule has 4 fully saturated rings. The predicted octanol–water partition coefficient (Wildman–Crippen LogP) is 0.299. The summed E-state index contributed by atoms with van der Waals surface area (Å²) in [5.41, 5.74) is 0.219. The zero-order chi connectivity index (χ0) is 17.2. The van der Waals surface area contributed by atoms with Crippen molar-refractivity contribution in [3.8, 4) is 0 Å². The van der Waals surface area contributed by atoms with E-state index in [0.717, 1.165) is 38.8 Å². The Morgan fingerprint density at radius 2 is 1.80 bits per heavy atom. The first-order valence-corrected chi connectivity index (χ1v) is 9.63. The molecule has 2 saturated heterocycles.